The molecule has 0 atom stereocenters. The standard InChI is InChI=1S/C12H15NO3/c1-13(8-12(6-7-12)11(15)16)9-2-4-10(14)5-3-9/h2-5,14H,6-8H2,1H3,(H,15,16). The second-order valence-corrected chi connectivity index (χ2v) is 4.46. The van der Waals surface area contributed by atoms with Crippen molar-refractivity contribution in [2.45, 2.75) is 12.8 Å². The lowest BCUT2D eigenvalue weighted by Gasteiger charge is -2.23. The van der Waals surface area contributed by atoms with Crippen molar-refractivity contribution in [2.75, 3.05) is 18.5 Å². The summed E-state index contributed by atoms with van der Waals surface area (Å²) >= 11 is 0. The van der Waals surface area contributed by atoms with E-state index < -0.39 is 11.4 Å². The van der Waals surface area contributed by atoms with E-state index in [1.54, 1.807) is 24.3 Å². The molecule has 0 amide bonds. The summed E-state index contributed by atoms with van der Waals surface area (Å²) in [6.07, 6.45) is 1.51. The molecule has 86 valence electrons. The van der Waals surface area contributed by atoms with Gasteiger partial charge >= 0.3 is 5.97 Å². The molecule has 0 aromatic heterocycles. The van der Waals surface area contributed by atoms with Gasteiger partial charge in [-0.2, -0.15) is 0 Å². The summed E-state index contributed by atoms with van der Waals surface area (Å²) in [7, 11) is 1.87. The molecule has 1 saturated carbocycles. The molecule has 2 rings (SSSR count). The van der Waals surface area contributed by atoms with Crippen LogP contribution in [0.25, 0.3) is 0 Å². The second-order valence-electron chi connectivity index (χ2n) is 4.46. The lowest BCUT2D eigenvalue weighted by atomic mass is 10.1. The Bertz CT molecular complexity index is 395. The lowest BCUT2D eigenvalue weighted by molar-refractivity contribution is -0.142. The number of aliphatic carboxylic acids is 1. The van der Waals surface area contributed by atoms with Gasteiger partial charge in [0.1, 0.15) is 5.75 Å². The lowest BCUT2D eigenvalue weighted by Crippen LogP contribution is -2.31. The highest BCUT2D eigenvalue weighted by atomic mass is 16.4. The Kier molecular flexibility index (Phi) is 2.50. The van der Waals surface area contributed by atoms with Crippen LogP contribution in [-0.2, 0) is 4.79 Å². The van der Waals surface area contributed by atoms with E-state index in [-0.39, 0.29) is 5.75 Å². The summed E-state index contributed by atoms with van der Waals surface area (Å²) in [6.45, 7) is 0.521. The van der Waals surface area contributed by atoms with Crippen molar-refractivity contribution in [1.82, 2.24) is 0 Å². The first-order valence-corrected chi connectivity index (χ1v) is 5.27. The Hall–Kier alpha value is -1.71. The molecule has 1 aromatic rings. The fourth-order valence-corrected chi connectivity index (χ4v) is 1.84. The van der Waals surface area contributed by atoms with E-state index in [4.69, 9.17) is 10.2 Å². The number of phenolic OH excluding ortho intramolecular Hbond substituents is 1. The number of carboxylic acid groups (broad SMARTS) is 1. The van der Waals surface area contributed by atoms with Crippen molar-refractivity contribution in [1.29, 1.82) is 0 Å². The average molecular weight is 221 g/mol. The molecule has 0 unspecified atom stereocenters. The van der Waals surface area contributed by atoms with Crippen molar-refractivity contribution in [2.24, 2.45) is 5.41 Å². The molecule has 1 fully saturated rings. The SMILES string of the molecule is CN(CC1(C(=O)O)CC1)c1ccc(O)cc1. The van der Waals surface area contributed by atoms with E-state index in [1.165, 1.54) is 0 Å². The van der Waals surface area contributed by atoms with E-state index in [0.717, 1.165) is 18.5 Å². The van der Waals surface area contributed by atoms with Crippen molar-refractivity contribution in [3.8, 4) is 5.75 Å². The molecular formula is C12H15NO3. The topological polar surface area (TPSA) is 60.8 Å². The third-order valence-electron chi connectivity index (χ3n) is 3.14. The number of hydrogen-bond acceptors (Lipinski definition) is 3. The Morgan fingerprint density at radius 2 is 1.94 bits per heavy atom. The number of rotatable bonds is 4. The summed E-state index contributed by atoms with van der Waals surface area (Å²) in [5.41, 5.74) is 0.373. The minimum atomic E-state index is -0.710. The molecule has 4 heteroatoms. The van der Waals surface area contributed by atoms with Crippen LogP contribution in [0.3, 0.4) is 0 Å². The molecule has 0 saturated heterocycles. The second kappa shape index (κ2) is 3.70. The van der Waals surface area contributed by atoms with Gasteiger partial charge in [-0.15, -0.1) is 0 Å². The number of aromatic hydroxyl groups is 1. The molecule has 1 aliphatic carbocycles. The largest absolute Gasteiger partial charge is 0.508 e. The number of carbonyl (C=O) groups is 1. The Morgan fingerprint density at radius 1 is 1.38 bits per heavy atom. The fraction of sp³-hybridized carbons (Fsp3) is 0.417. The Morgan fingerprint density at radius 3 is 2.38 bits per heavy atom. The molecule has 4 nitrogen and oxygen atoms in total. The quantitative estimate of drug-likeness (QED) is 0.812. The summed E-state index contributed by atoms with van der Waals surface area (Å²) in [4.78, 5) is 13.0. The first-order valence-electron chi connectivity index (χ1n) is 5.27. The van der Waals surface area contributed by atoms with Crippen molar-refractivity contribution in [3.05, 3.63) is 24.3 Å². The van der Waals surface area contributed by atoms with Crippen LogP contribution in [0.15, 0.2) is 24.3 Å². The zero-order valence-corrected chi connectivity index (χ0v) is 9.18. The van der Waals surface area contributed by atoms with Gasteiger partial charge in [0.2, 0.25) is 0 Å². The molecule has 0 bridgehead atoms. The van der Waals surface area contributed by atoms with Crippen LogP contribution < -0.4 is 4.90 Å². The zero-order valence-electron chi connectivity index (χ0n) is 9.18. The van der Waals surface area contributed by atoms with Crippen LogP contribution in [0.4, 0.5) is 5.69 Å². The van der Waals surface area contributed by atoms with Crippen LogP contribution in [0.5, 0.6) is 5.75 Å². The van der Waals surface area contributed by atoms with Crippen LogP contribution in [-0.4, -0.2) is 29.8 Å². The van der Waals surface area contributed by atoms with E-state index in [9.17, 15) is 4.79 Å². The van der Waals surface area contributed by atoms with Crippen LogP contribution in [0.2, 0.25) is 0 Å². The van der Waals surface area contributed by atoms with Gasteiger partial charge in [0.05, 0.1) is 5.41 Å². The number of hydrogen-bond donors (Lipinski definition) is 2. The smallest absolute Gasteiger partial charge is 0.311 e. The van der Waals surface area contributed by atoms with Crippen LogP contribution in [0, 0.1) is 5.41 Å². The Balaban J connectivity index is 2.06. The summed E-state index contributed by atoms with van der Waals surface area (Å²) in [5.74, 6) is -0.491. The van der Waals surface area contributed by atoms with Gasteiger partial charge < -0.3 is 15.1 Å². The normalized spacial score (nSPS) is 16.8. The van der Waals surface area contributed by atoms with Crippen molar-refractivity contribution in [3.63, 3.8) is 0 Å². The van der Waals surface area contributed by atoms with Crippen molar-refractivity contribution < 1.29 is 15.0 Å². The number of phenols is 1. The number of nitrogens with zero attached hydrogens (tertiary/aromatic N) is 1. The molecule has 16 heavy (non-hydrogen) atoms. The number of benzene rings is 1. The van der Waals surface area contributed by atoms with Crippen LogP contribution in [0.1, 0.15) is 12.8 Å². The number of anilines is 1. The van der Waals surface area contributed by atoms with Gasteiger partial charge in [-0.3, -0.25) is 4.79 Å². The van der Waals surface area contributed by atoms with E-state index in [1.807, 2.05) is 11.9 Å². The van der Waals surface area contributed by atoms with Crippen LogP contribution >= 0.6 is 0 Å². The maximum atomic E-state index is 11.0. The molecule has 1 aromatic carbocycles. The highest BCUT2D eigenvalue weighted by molar-refractivity contribution is 5.78. The summed E-state index contributed by atoms with van der Waals surface area (Å²) < 4.78 is 0. The third kappa shape index (κ3) is 1.96. The maximum Gasteiger partial charge on any atom is 0.311 e. The summed E-state index contributed by atoms with van der Waals surface area (Å²) in [5, 5.41) is 18.2. The Labute approximate surface area is 94.1 Å². The van der Waals surface area contributed by atoms with E-state index in [2.05, 4.69) is 0 Å². The van der Waals surface area contributed by atoms with Gasteiger partial charge in [-0.05, 0) is 37.1 Å². The molecular weight excluding hydrogens is 206 g/mol. The summed E-state index contributed by atoms with van der Waals surface area (Å²) in [6, 6.07) is 6.78. The first kappa shape index (κ1) is 10.8. The van der Waals surface area contributed by atoms with Gasteiger partial charge in [0.25, 0.3) is 0 Å². The zero-order chi connectivity index (χ0) is 11.8. The molecule has 2 N–H and O–H groups in total. The first-order chi connectivity index (χ1) is 7.53. The third-order valence-corrected chi connectivity index (χ3v) is 3.14. The van der Waals surface area contributed by atoms with Gasteiger partial charge in [0.15, 0.2) is 0 Å². The molecule has 0 heterocycles. The molecule has 0 aliphatic heterocycles. The number of carboxylic acids is 1. The highest BCUT2D eigenvalue weighted by Gasteiger charge is 2.50. The maximum absolute atomic E-state index is 11.0. The monoisotopic (exact) mass is 221 g/mol. The highest BCUT2D eigenvalue weighted by Crippen LogP contribution is 2.46. The minimum Gasteiger partial charge on any atom is -0.508 e. The molecule has 0 spiro atoms. The van der Waals surface area contributed by atoms with Gasteiger partial charge in [0, 0.05) is 19.3 Å². The predicted molar refractivity (Wildman–Crippen MR) is 60.7 cm³/mol. The van der Waals surface area contributed by atoms with Gasteiger partial charge in [-0.1, -0.05) is 0 Å². The average Bonchev–Trinajstić information content (AvgIpc) is 3.00. The van der Waals surface area contributed by atoms with E-state index >= 15 is 0 Å². The molecule has 1 aliphatic rings. The minimum absolute atomic E-state index is 0.219. The van der Waals surface area contributed by atoms with E-state index in [0.29, 0.717) is 6.54 Å². The van der Waals surface area contributed by atoms with Crippen molar-refractivity contribution >= 4 is 11.7 Å². The fourth-order valence-electron chi connectivity index (χ4n) is 1.84. The molecule has 0 radical (unpaired) electrons. The van der Waals surface area contributed by atoms with Gasteiger partial charge in [-0.25, -0.2) is 0 Å². The predicted octanol–water partition coefficient (Wildman–Crippen LogP) is 1.69.